The van der Waals surface area contributed by atoms with Crippen molar-refractivity contribution in [2.75, 3.05) is 38.2 Å². The van der Waals surface area contributed by atoms with Crippen molar-refractivity contribution < 1.29 is 9.13 Å². The van der Waals surface area contributed by atoms with Crippen molar-refractivity contribution in [1.29, 1.82) is 0 Å². The Morgan fingerprint density at radius 3 is 2.43 bits per heavy atom. The van der Waals surface area contributed by atoms with Gasteiger partial charge in [0.25, 0.3) is 0 Å². The molecule has 0 radical (unpaired) electrons. The standard InChI is InChI=1S/C27H26FN7OS/c1-36-22-12-6-19(7-13-22)18-35-26(30-31-32-35)25(20-8-10-21(28)11-9-20)33-14-16-34(17-15-33)27-29-23-4-2-3-5-24(23)37-27/h2-13,25H,14-18H2,1H3/t25-/m0/s1. The number of anilines is 1. The lowest BCUT2D eigenvalue weighted by Gasteiger charge is -2.38. The van der Waals surface area contributed by atoms with Crippen LogP contribution in [0.1, 0.15) is 23.0 Å². The van der Waals surface area contributed by atoms with Crippen LogP contribution >= 0.6 is 11.3 Å². The number of ether oxygens (including phenoxy) is 1. The molecule has 2 aromatic heterocycles. The van der Waals surface area contributed by atoms with Crippen LogP contribution in [-0.4, -0.2) is 63.4 Å². The minimum Gasteiger partial charge on any atom is -0.497 e. The average molecular weight is 516 g/mol. The van der Waals surface area contributed by atoms with E-state index in [1.54, 1.807) is 18.4 Å². The van der Waals surface area contributed by atoms with Gasteiger partial charge in [-0.15, -0.1) is 5.10 Å². The molecule has 10 heteroatoms. The highest BCUT2D eigenvalue weighted by atomic mass is 32.1. The molecule has 37 heavy (non-hydrogen) atoms. The molecule has 6 rings (SSSR count). The minimum atomic E-state index is -0.263. The SMILES string of the molecule is COc1ccc(Cn2nnnc2[C@H](c2ccc(F)cc2)N2CCN(c3nc4ccccc4s3)CC2)cc1. The van der Waals surface area contributed by atoms with E-state index in [0.717, 1.165) is 59.5 Å². The number of methoxy groups -OCH3 is 1. The fourth-order valence-corrected chi connectivity index (χ4v) is 5.78. The van der Waals surface area contributed by atoms with Gasteiger partial charge in [0, 0.05) is 26.2 Å². The first kappa shape index (κ1) is 23.5. The van der Waals surface area contributed by atoms with Gasteiger partial charge in [-0.25, -0.2) is 14.1 Å². The smallest absolute Gasteiger partial charge is 0.186 e. The maximum atomic E-state index is 13.8. The molecule has 0 bridgehead atoms. The number of rotatable bonds is 7. The Labute approximate surface area is 217 Å². The maximum Gasteiger partial charge on any atom is 0.186 e. The number of benzene rings is 3. The summed E-state index contributed by atoms with van der Waals surface area (Å²) in [6, 6.07) is 22.6. The monoisotopic (exact) mass is 515 g/mol. The van der Waals surface area contributed by atoms with E-state index in [9.17, 15) is 4.39 Å². The van der Waals surface area contributed by atoms with Gasteiger partial charge < -0.3 is 9.64 Å². The molecular weight excluding hydrogens is 489 g/mol. The lowest BCUT2D eigenvalue weighted by atomic mass is 10.0. The summed E-state index contributed by atoms with van der Waals surface area (Å²) in [6.45, 7) is 3.78. The van der Waals surface area contributed by atoms with Crippen LogP contribution in [0, 0.1) is 5.82 Å². The van der Waals surface area contributed by atoms with Crippen molar-refractivity contribution in [1.82, 2.24) is 30.1 Å². The van der Waals surface area contributed by atoms with Crippen molar-refractivity contribution in [2.24, 2.45) is 0 Å². The number of hydrogen-bond donors (Lipinski definition) is 0. The molecule has 0 saturated carbocycles. The number of piperazine rings is 1. The summed E-state index contributed by atoms with van der Waals surface area (Å²) in [6.07, 6.45) is 0. The zero-order valence-electron chi connectivity index (χ0n) is 20.4. The maximum absolute atomic E-state index is 13.8. The number of tetrazole rings is 1. The molecule has 1 aliphatic rings. The molecule has 8 nitrogen and oxygen atoms in total. The van der Waals surface area contributed by atoms with Crippen LogP contribution in [0.5, 0.6) is 5.75 Å². The van der Waals surface area contributed by atoms with Crippen LogP contribution in [0.4, 0.5) is 9.52 Å². The minimum absolute atomic E-state index is 0.202. The summed E-state index contributed by atoms with van der Waals surface area (Å²) in [5.74, 6) is 1.27. The number of nitrogens with zero attached hydrogens (tertiary/aromatic N) is 7. The molecule has 1 fully saturated rings. The van der Waals surface area contributed by atoms with Gasteiger partial charge in [-0.05, 0) is 58.0 Å². The molecule has 1 atom stereocenters. The van der Waals surface area contributed by atoms with E-state index in [-0.39, 0.29) is 11.9 Å². The topological polar surface area (TPSA) is 72.2 Å². The van der Waals surface area contributed by atoms with E-state index in [2.05, 4.69) is 37.5 Å². The molecule has 0 spiro atoms. The fourth-order valence-electron chi connectivity index (χ4n) is 4.76. The highest BCUT2D eigenvalue weighted by molar-refractivity contribution is 7.22. The molecule has 1 saturated heterocycles. The molecule has 0 unspecified atom stereocenters. The van der Waals surface area contributed by atoms with Crippen LogP contribution in [-0.2, 0) is 6.54 Å². The van der Waals surface area contributed by atoms with Gasteiger partial charge >= 0.3 is 0 Å². The van der Waals surface area contributed by atoms with Gasteiger partial charge in [0.1, 0.15) is 11.6 Å². The fraction of sp³-hybridized carbons (Fsp3) is 0.259. The average Bonchev–Trinajstić information content (AvgIpc) is 3.58. The number of thiazole rings is 1. The number of para-hydroxylation sites is 1. The first-order chi connectivity index (χ1) is 18.2. The predicted octanol–water partition coefficient (Wildman–Crippen LogP) is 4.39. The Morgan fingerprint density at radius 2 is 1.70 bits per heavy atom. The van der Waals surface area contributed by atoms with E-state index in [0.29, 0.717) is 6.54 Å². The second-order valence-electron chi connectivity index (χ2n) is 8.98. The number of aromatic nitrogens is 5. The largest absolute Gasteiger partial charge is 0.497 e. The normalized spacial score (nSPS) is 15.2. The van der Waals surface area contributed by atoms with Crippen molar-refractivity contribution >= 4 is 26.7 Å². The number of fused-ring (bicyclic) bond motifs is 1. The Kier molecular flexibility index (Phi) is 6.50. The predicted molar refractivity (Wildman–Crippen MR) is 142 cm³/mol. The van der Waals surface area contributed by atoms with E-state index in [1.807, 2.05) is 53.2 Å². The third-order valence-corrected chi connectivity index (χ3v) is 7.81. The zero-order chi connectivity index (χ0) is 25.2. The summed E-state index contributed by atoms with van der Waals surface area (Å²) in [5.41, 5.74) is 3.06. The third kappa shape index (κ3) is 4.90. The van der Waals surface area contributed by atoms with Crippen LogP contribution in [0.2, 0.25) is 0 Å². The Hall–Kier alpha value is -3.89. The second kappa shape index (κ2) is 10.2. The van der Waals surface area contributed by atoms with Gasteiger partial charge in [0.15, 0.2) is 11.0 Å². The Bertz CT molecular complexity index is 1440. The molecule has 0 N–H and O–H groups in total. The van der Waals surface area contributed by atoms with E-state index < -0.39 is 0 Å². The third-order valence-electron chi connectivity index (χ3n) is 6.71. The highest BCUT2D eigenvalue weighted by Gasteiger charge is 2.31. The van der Waals surface area contributed by atoms with Crippen LogP contribution in [0.25, 0.3) is 10.2 Å². The Morgan fingerprint density at radius 1 is 0.946 bits per heavy atom. The summed E-state index contributed by atoms with van der Waals surface area (Å²) < 4.78 is 22.1. The molecule has 3 heterocycles. The summed E-state index contributed by atoms with van der Waals surface area (Å²) in [7, 11) is 1.65. The van der Waals surface area contributed by atoms with Gasteiger partial charge in [0.05, 0.1) is 29.9 Å². The quantitative estimate of drug-likeness (QED) is 0.318. The van der Waals surface area contributed by atoms with Crippen molar-refractivity contribution in [3.8, 4) is 5.75 Å². The number of hydrogen-bond acceptors (Lipinski definition) is 8. The molecule has 0 aliphatic carbocycles. The molecule has 5 aromatic rings. The van der Waals surface area contributed by atoms with Crippen molar-refractivity contribution in [3.05, 3.63) is 95.6 Å². The molecule has 0 amide bonds. The van der Waals surface area contributed by atoms with Crippen LogP contribution in [0.15, 0.2) is 72.8 Å². The lowest BCUT2D eigenvalue weighted by Crippen LogP contribution is -2.48. The van der Waals surface area contributed by atoms with Crippen LogP contribution in [0.3, 0.4) is 0 Å². The van der Waals surface area contributed by atoms with E-state index in [4.69, 9.17) is 9.72 Å². The summed E-state index contributed by atoms with van der Waals surface area (Å²) in [4.78, 5) is 9.54. The molecular formula is C27H26FN7OS. The van der Waals surface area contributed by atoms with E-state index >= 15 is 0 Å². The molecule has 3 aromatic carbocycles. The summed E-state index contributed by atoms with van der Waals surface area (Å²) in [5, 5.41) is 13.8. The summed E-state index contributed by atoms with van der Waals surface area (Å²) >= 11 is 1.72. The molecule has 188 valence electrons. The first-order valence-electron chi connectivity index (χ1n) is 12.2. The van der Waals surface area contributed by atoms with Gasteiger partial charge in [-0.3, -0.25) is 4.90 Å². The molecule has 1 aliphatic heterocycles. The van der Waals surface area contributed by atoms with Gasteiger partial charge in [-0.1, -0.05) is 47.7 Å². The van der Waals surface area contributed by atoms with Crippen molar-refractivity contribution in [2.45, 2.75) is 12.6 Å². The second-order valence-corrected chi connectivity index (χ2v) is 9.99. The van der Waals surface area contributed by atoms with Crippen LogP contribution < -0.4 is 9.64 Å². The van der Waals surface area contributed by atoms with Crippen molar-refractivity contribution in [3.63, 3.8) is 0 Å². The van der Waals surface area contributed by atoms with E-state index in [1.165, 1.54) is 16.8 Å². The van der Waals surface area contributed by atoms with Gasteiger partial charge in [0.2, 0.25) is 0 Å². The first-order valence-corrected chi connectivity index (χ1v) is 13.0. The lowest BCUT2D eigenvalue weighted by molar-refractivity contribution is 0.201. The van der Waals surface area contributed by atoms with Gasteiger partial charge in [-0.2, -0.15) is 0 Å². The number of halogens is 1. The Balaban J connectivity index is 1.26. The zero-order valence-corrected chi connectivity index (χ0v) is 21.2. The highest BCUT2D eigenvalue weighted by Crippen LogP contribution is 2.32.